The van der Waals surface area contributed by atoms with Crippen molar-refractivity contribution in [3.63, 3.8) is 0 Å². The molecule has 0 bridgehead atoms. The Kier molecular flexibility index (Phi) is 3.04. The maximum Gasteiger partial charge on any atom is 0.319 e. The van der Waals surface area contributed by atoms with Crippen LogP contribution >= 0.6 is 0 Å². The van der Waals surface area contributed by atoms with E-state index >= 15 is 0 Å². The van der Waals surface area contributed by atoms with E-state index in [0.717, 1.165) is 18.3 Å². The summed E-state index contributed by atoms with van der Waals surface area (Å²) >= 11 is 0. The van der Waals surface area contributed by atoms with E-state index in [1.54, 1.807) is 0 Å². The third-order valence-electron chi connectivity index (χ3n) is 3.09. The Bertz CT molecular complexity index is 379. The number of ether oxygens (including phenoxy) is 1. The minimum atomic E-state index is -0.839. The van der Waals surface area contributed by atoms with Gasteiger partial charge in [-0.05, 0) is 18.4 Å². The fourth-order valence-corrected chi connectivity index (χ4v) is 1.79. The summed E-state index contributed by atoms with van der Waals surface area (Å²) in [5.41, 5.74) is 0.102. The van der Waals surface area contributed by atoms with Crippen LogP contribution in [-0.2, 0) is 20.9 Å². The number of aldehydes is 1. The van der Waals surface area contributed by atoms with Crippen LogP contribution in [0.1, 0.15) is 24.8 Å². The van der Waals surface area contributed by atoms with Gasteiger partial charge in [-0.25, -0.2) is 0 Å². The molecule has 0 N–H and O–H groups in total. The fraction of sp³-hybridized carbons (Fsp3) is 0.385. The maximum atomic E-state index is 11.7. The van der Waals surface area contributed by atoms with E-state index in [1.165, 1.54) is 0 Å². The summed E-state index contributed by atoms with van der Waals surface area (Å²) in [6.45, 7) is 0.245. The van der Waals surface area contributed by atoms with Gasteiger partial charge in [-0.3, -0.25) is 4.79 Å². The van der Waals surface area contributed by atoms with Gasteiger partial charge in [0.25, 0.3) is 0 Å². The van der Waals surface area contributed by atoms with Gasteiger partial charge in [-0.1, -0.05) is 36.8 Å². The van der Waals surface area contributed by atoms with E-state index in [-0.39, 0.29) is 12.6 Å². The Balaban J connectivity index is 1.91. The first kappa shape index (κ1) is 10.9. The van der Waals surface area contributed by atoms with Crippen LogP contribution in [0, 0.1) is 5.41 Å². The summed E-state index contributed by atoms with van der Waals surface area (Å²) < 4.78 is 5.16. The van der Waals surface area contributed by atoms with Gasteiger partial charge in [0.15, 0.2) is 0 Å². The quantitative estimate of drug-likeness (QED) is 0.441. The van der Waals surface area contributed by atoms with Crippen LogP contribution in [0.3, 0.4) is 0 Å². The molecule has 1 aromatic carbocycles. The van der Waals surface area contributed by atoms with Crippen LogP contribution in [-0.4, -0.2) is 12.3 Å². The van der Waals surface area contributed by atoms with E-state index in [9.17, 15) is 9.59 Å². The van der Waals surface area contributed by atoms with Gasteiger partial charge in [0.2, 0.25) is 0 Å². The molecular weight excluding hydrogens is 204 g/mol. The van der Waals surface area contributed by atoms with Crippen LogP contribution < -0.4 is 0 Å². The molecule has 16 heavy (non-hydrogen) atoms. The fourth-order valence-electron chi connectivity index (χ4n) is 1.79. The number of carbonyl (C=O) groups is 2. The number of carbonyl (C=O) groups excluding carboxylic acids is 2. The topological polar surface area (TPSA) is 43.4 Å². The Labute approximate surface area is 94.4 Å². The molecule has 1 saturated carbocycles. The van der Waals surface area contributed by atoms with Crippen molar-refractivity contribution in [3.05, 3.63) is 35.9 Å². The highest BCUT2D eigenvalue weighted by atomic mass is 16.5. The lowest BCUT2D eigenvalue weighted by molar-refractivity contribution is -0.164. The third kappa shape index (κ3) is 1.98. The van der Waals surface area contributed by atoms with Crippen LogP contribution in [0.2, 0.25) is 0 Å². The first-order chi connectivity index (χ1) is 7.77. The van der Waals surface area contributed by atoms with Gasteiger partial charge in [0.1, 0.15) is 18.3 Å². The Hall–Kier alpha value is -1.64. The van der Waals surface area contributed by atoms with Crippen molar-refractivity contribution in [2.24, 2.45) is 5.41 Å². The van der Waals surface area contributed by atoms with Crippen molar-refractivity contribution in [1.29, 1.82) is 0 Å². The van der Waals surface area contributed by atoms with Gasteiger partial charge in [0.05, 0.1) is 0 Å². The monoisotopic (exact) mass is 218 g/mol. The second-order valence-electron chi connectivity index (χ2n) is 4.19. The van der Waals surface area contributed by atoms with E-state index < -0.39 is 5.41 Å². The van der Waals surface area contributed by atoms with Crippen molar-refractivity contribution in [2.45, 2.75) is 25.9 Å². The molecular formula is C13H14O3. The molecule has 0 atom stereocenters. The maximum absolute atomic E-state index is 11.7. The van der Waals surface area contributed by atoms with Crippen LogP contribution in [0.25, 0.3) is 0 Å². The second kappa shape index (κ2) is 4.47. The molecule has 1 aliphatic rings. The third-order valence-corrected chi connectivity index (χ3v) is 3.09. The van der Waals surface area contributed by atoms with Gasteiger partial charge in [0, 0.05) is 0 Å². The zero-order valence-corrected chi connectivity index (χ0v) is 9.02. The molecule has 0 saturated heterocycles. The first-order valence-electron chi connectivity index (χ1n) is 5.44. The predicted molar refractivity (Wildman–Crippen MR) is 58.6 cm³/mol. The predicted octanol–water partition coefficient (Wildman–Crippen LogP) is 2.10. The lowest BCUT2D eigenvalue weighted by atomic mass is 9.70. The molecule has 0 heterocycles. The van der Waals surface area contributed by atoms with E-state index in [4.69, 9.17) is 4.74 Å². The molecule has 0 aliphatic heterocycles. The van der Waals surface area contributed by atoms with Gasteiger partial charge in [-0.15, -0.1) is 0 Å². The average Bonchev–Trinajstić information content (AvgIpc) is 2.27. The molecule has 0 unspecified atom stereocenters. The van der Waals surface area contributed by atoms with Crippen molar-refractivity contribution in [3.8, 4) is 0 Å². The zero-order chi connectivity index (χ0) is 11.4. The van der Waals surface area contributed by atoms with Gasteiger partial charge >= 0.3 is 5.97 Å². The highest BCUT2D eigenvalue weighted by molar-refractivity contribution is 5.94. The highest BCUT2D eigenvalue weighted by Gasteiger charge is 2.45. The highest BCUT2D eigenvalue weighted by Crippen LogP contribution is 2.40. The molecule has 3 heteroatoms. The van der Waals surface area contributed by atoms with Crippen molar-refractivity contribution in [2.75, 3.05) is 0 Å². The smallest absolute Gasteiger partial charge is 0.319 e. The number of benzene rings is 1. The van der Waals surface area contributed by atoms with Gasteiger partial charge in [-0.2, -0.15) is 0 Å². The molecule has 84 valence electrons. The molecule has 1 aliphatic carbocycles. The zero-order valence-electron chi connectivity index (χ0n) is 9.02. The Morgan fingerprint density at radius 3 is 2.50 bits per heavy atom. The lowest BCUT2D eigenvalue weighted by Gasteiger charge is -2.33. The normalized spacial score (nSPS) is 17.2. The summed E-state index contributed by atoms with van der Waals surface area (Å²) in [7, 11) is 0. The largest absolute Gasteiger partial charge is 0.460 e. The summed E-state index contributed by atoms with van der Waals surface area (Å²) in [6, 6.07) is 9.47. The Morgan fingerprint density at radius 1 is 1.31 bits per heavy atom. The number of rotatable bonds is 4. The lowest BCUT2D eigenvalue weighted by Crippen LogP contribution is -2.40. The SMILES string of the molecule is O=CC1(C(=O)OCc2ccccc2)CCC1. The van der Waals surface area contributed by atoms with E-state index in [1.807, 2.05) is 30.3 Å². The van der Waals surface area contributed by atoms with E-state index in [2.05, 4.69) is 0 Å². The molecule has 0 radical (unpaired) electrons. The van der Waals surface area contributed by atoms with Crippen molar-refractivity contribution < 1.29 is 14.3 Å². The molecule has 0 aromatic heterocycles. The minimum absolute atomic E-state index is 0.245. The number of hydrogen-bond acceptors (Lipinski definition) is 3. The first-order valence-corrected chi connectivity index (χ1v) is 5.44. The van der Waals surface area contributed by atoms with Crippen molar-refractivity contribution in [1.82, 2.24) is 0 Å². The molecule has 1 aromatic rings. The molecule has 1 fully saturated rings. The molecule has 3 nitrogen and oxygen atoms in total. The summed E-state index contributed by atoms with van der Waals surface area (Å²) in [5, 5.41) is 0. The minimum Gasteiger partial charge on any atom is -0.460 e. The van der Waals surface area contributed by atoms with Crippen molar-refractivity contribution >= 4 is 12.3 Å². The summed E-state index contributed by atoms with van der Waals surface area (Å²) in [6.07, 6.45) is 2.93. The van der Waals surface area contributed by atoms with E-state index in [0.29, 0.717) is 12.8 Å². The van der Waals surface area contributed by atoms with Gasteiger partial charge < -0.3 is 9.53 Å². The number of hydrogen-bond donors (Lipinski definition) is 0. The Morgan fingerprint density at radius 2 is 2.00 bits per heavy atom. The molecule has 0 amide bonds. The molecule has 0 spiro atoms. The standard InChI is InChI=1S/C13H14O3/c14-10-13(7-4-8-13)12(15)16-9-11-5-2-1-3-6-11/h1-3,5-6,10H,4,7-9H2. The van der Waals surface area contributed by atoms with Crippen LogP contribution in [0.15, 0.2) is 30.3 Å². The summed E-state index contributed by atoms with van der Waals surface area (Å²) in [5.74, 6) is -0.377. The van der Waals surface area contributed by atoms with Crippen LogP contribution in [0.5, 0.6) is 0 Å². The second-order valence-corrected chi connectivity index (χ2v) is 4.19. The number of esters is 1. The molecule has 2 rings (SSSR count). The summed E-state index contributed by atoms with van der Waals surface area (Å²) in [4.78, 5) is 22.6. The average molecular weight is 218 g/mol. The van der Waals surface area contributed by atoms with Crippen LogP contribution in [0.4, 0.5) is 0 Å².